The van der Waals surface area contributed by atoms with Gasteiger partial charge in [-0.1, -0.05) is 38.3 Å². The molecule has 0 saturated heterocycles. The van der Waals surface area contributed by atoms with E-state index in [0.717, 1.165) is 11.7 Å². The average Bonchev–Trinajstić information content (AvgIpc) is 2.30. The maximum absolute atomic E-state index is 5.90. The van der Waals surface area contributed by atoms with Crippen molar-refractivity contribution in [3.8, 4) is 0 Å². The number of anilines is 2. The van der Waals surface area contributed by atoms with Gasteiger partial charge in [0.1, 0.15) is 5.15 Å². The lowest BCUT2D eigenvalue weighted by Crippen LogP contribution is -2.35. The maximum Gasteiger partial charge on any atom is 0.151 e. The van der Waals surface area contributed by atoms with E-state index in [0.29, 0.717) is 22.8 Å². The van der Waals surface area contributed by atoms with Crippen LogP contribution in [0.25, 0.3) is 0 Å². The number of pyridine rings is 1. The van der Waals surface area contributed by atoms with Crippen LogP contribution in [0.15, 0.2) is 12.1 Å². The summed E-state index contributed by atoms with van der Waals surface area (Å²) in [4.78, 5) is 4.26. The van der Waals surface area contributed by atoms with Crippen LogP contribution in [0.1, 0.15) is 33.1 Å². The van der Waals surface area contributed by atoms with Crippen LogP contribution < -0.4 is 11.1 Å². The summed E-state index contributed by atoms with van der Waals surface area (Å²) in [7, 11) is 0. The van der Waals surface area contributed by atoms with Crippen molar-refractivity contribution in [2.45, 2.75) is 39.2 Å². The SMILES string of the molecule is CC1CCCC(Nc2nc(Cl)ccc2N)C1C. The molecule has 17 heavy (non-hydrogen) atoms. The minimum Gasteiger partial charge on any atom is -0.396 e. The van der Waals surface area contributed by atoms with Crippen molar-refractivity contribution < 1.29 is 0 Å². The molecule has 1 saturated carbocycles. The van der Waals surface area contributed by atoms with E-state index in [-0.39, 0.29) is 0 Å². The number of aromatic nitrogens is 1. The molecule has 0 radical (unpaired) electrons. The van der Waals surface area contributed by atoms with Gasteiger partial charge in [0, 0.05) is 6.04 Å². The van der Waals surface area contributed by atoms with Gasteiger partial charge >= 0.3 is 0 Å². The van der Waals surface area contributed by atoms with Crippen LogP contribution in [-0.4, -0.2) is 11.0 Å². The highest BCUT2D eigenvalue weighted by molar-refractivity contribution is 6.29. The Morgan fingerprint density at radius 2 is 2.12 bits per heavy atom. The lowest BCUT2D eigenvalue weighted by Gasteiger charge is -2.35. The summed E-state index contributed by atoms with van der Waals surface area (Å²) in [5.74, 6) is 2.12. The Hall–Kier alpha value is -0.960. The summed E-state index contributed by atoms with van der Waals surface area (Å²) in [6.45, 7) is 4.61. The predicted molar refractivity (Wildman–Crippen MR) is 73.2 cm³/mol. The molecule has 0 aliphatic heterocycles. The fourth-order valence-electron chi connectivity index (χ4n) is 2.52. The molecular formula is C13H20ClN3. The third-order valence-corrected chi connectivity index (χ3v) is 4.13. The number of nitrogens with zero attached hydrogens (tertiary/aromatic N) is 1. The average molecular weight is 254 g/mol. The van der Waals surface area contributed by atoms with Crippen LogP contribution in [0.3, 0.4) is 0 Å². The Morgan fingerprint density at radius 3 is 2.88 bits per heavy atom. The van der Waals surface area contributed by atoms with Crippen LogP contribution in [0.5, 0.6) is 0 Å². The van der Waals surface area contributed by atoms with Gasteiger partial charge in [0.15, 0.2) is 5.82 Å². The Balaban J connectivity index is 2.11. The summed E-state index contributed by atoms with van der Waals surface area (Å²) >= 11 is 5.89. The molecule has 1 aromatic rings. The Kier molecular flexibility index (Phi) is 3.77. The number of nitrogens with one attached hydrogen (secondary N) is 1. The highest BCUT2D eigenvalue weighted by atomic mass is 35.5. The van der Waals surface area contributed by atoms with Gasteiger partial charge in [-0.25, -0.2) is 4.98 Å². The second kappa shape index (κ2) is 5.13. The Bertz CT molecular complexity index is 394. The van der Waals surface area contributed by atoms with Gasteiger partial charge in [-0.15, -0.1) is 0 Å². The van der Waals surface area contributed by atoms with Gasteiger partial charge in [-0.05, 0) is 30.4 Å². The van der Waals surface area contributed by atoms with Crippen LogP contribution in [0.4, 0.5) is 11.5 Å². The number of nitrogens with two attached hydrogens (primary N) is 1. The molecule has 0 bridgehead atoms. The van der Waals surface area contributed by atoms with Crippen LogP contribution in [0, 0.1) is 11.8 Å². The summed E-state index contributed by atoms with van der Waals surface area (Å²) in [6.07, 6.45) is 3.76. The largest absolute Gasteiger partial charge is 0.396 e. The van der Waals surface area contributed by atoms with Crippen molar-refractivity contribution in [1.82, 2.24) is 4.98 Å². The zero-order chi connectivity index (χ0) is 12.4. The molecule has 0 amide bonds. The lowest BCUT2D eigenvalue weighted by molar-refractivity contribution is 0.253. The molecule has 3 unspecified atom stereocenters. The quantitative estimate of drug-likeness (QED) is 0.793. The van der Waals surface area contributed by atoms with E-state index in [2.05, 4.69) is 24.1 Å². The van der Waals surface area contributed by atoms with E-state index in [4.69, 9.17) is 17.3 Å². The fourth-order valence-corrected chi connectivity index (χ4v) is 2.67. The Morgan fingerprint density at radius 1 is 1.35 bits per heavy atom. The predicted octanol–water partition coefficient (Wildman–Crippen LogP) is 3.55. The third-order valence-electron chi connectivity index (χ3n) is 3.92. The number of hydrogen-bond donors (Lipinski definition) is 2. The fraction of sp³-hybridized carbons (Fsp3) is 0.615. The highest BCUT2D eigenvalue weighted by Gasteiger charge is 2.27. The Labute approximate surface area is 108 Å². The van der Waals surface area contributed by atoms with Crippen molar-refractivity contribution in [2.24, 2.45) is 11.8 Å². The van der Waals surface area contributed by atoms with Crippen LogP contribution in [-0.2, 0) is 0 Å². The minimum atomic E-state index is 0.451. The number of hydrogen-bond acceptors (Lipinski definition) is 3. The van der Waals surface area contributed by atoms with Gasteiger partial charge < -0.3 is 11.1 Å². The summed E-state index contributed by atoms with van der Waals surface area (Å²) in [5, 5.41) is 3.93. The van der Waals surface area contributed by atoms with E-state index in [1.807, 2.05) is 0 Å². The van der Waals surface area contributed by atoms with Gasteiger partial charge in [-0.2, -0.15) is 0 Å². The maximum atomic E-state index is 5.90. The smallest absolute Gasteiger partial charge is 0.151 e. The van der Waals surface area contributed by atoms with Crippen LogP contribution in [0.2, 0.25) is 5.15 Å². The minimum absolute atomic E-state index is 0.451. The molecule has 1 heterocycles. The van der Waals surface area contributed by atoms with Crippen molar-refractivity contribution in [1.29, 1.82) is 0 Å². The zero-order valence-electron chi connectivity index (χ0n) is 10.4. The lowest BCUT2D eigenvalue weighted by atomic mass is 9.78. The van der Waals surface area contributed by atoms with Crippen molar-refractivity contribution >= 4 is 23.1 Å². The van der Waals surface area contributed by atoms with Crippen molar-refractivity contribution in [3.63, 3.8) is 0 Å². The normalized spacial score (nSPS) is 29.0. The van der Waals surface area contributed by atoms with E-state index < -0.39 is 0 Å². The second-order valence-corrected chi connectivity index (χ2v) is 5.48. The number of nitrogen functional groups attached to an aromatic ring is 1. The molecule has 0 spiro atoms. The first-order chi connectivity index (χ1) is 8.08. The monoisotopic (exact) mass is 253 g/mol. The molecule has 1 aromatic heterocycles. The van der Waals surface area contributed by atoms with Crippen LogP contribution >= 0.6 is 11.6 Å². The number of rotatable bonds is 2. The summed E-state index contributed by atoms with van der Waals surface area (Å²) < 4.78 is 0. The molecule has 0 aromatic carbocycles. The van der Waals surface area contributed by atoms with Gasteiger partial charge in [0.2, 0.25) is 0 Å². The van der Waals surface area contributed by atoms with E-state index in [1.54, 1.807) is 12.1 Å². The summed E-state index contributed by atoms with van der Waals surface area (Å²) in [6, 6.07) is 3.97. The molecule has 3 atom stereocenters. The first kappa shape index (κ1) is 12.5. The molecule has 1 aliphatic rings. The third kappa shape index (κ3) is 2.83. The van der Waals surface area contributed by atoms with Crippen molar-refractivity contribution in [3.05, 3.63) is 17.3 Å². The standard InChI is InChI=1S/C13H20ClN3/c1-8-4-3-5-11(9(8)2)16-13-10(15)6-7-12(14)17-13/h6-9,11H,3-5,15H2,1-2H3,(H,16,17). The van der Waals surface area contributed by atoms with E-state index >= 15 is 0 Å². The van der Waals surface area contributed by atoms with Gasteiger partial charge in [-0.3, -0.25) is 0 Å². The molecule has 3 nitrogen and oxygen atoms in total. The van der Waals surface area contributed by atoms with Gasteiger partial charge in [0.25, 0.3) is 0 Å². The van der Waals surface area contributed by atoms with E-state index in [1.165, 1.54) is 19.3 Å². The topological polar surface area (TPSA) is 50.9 Å². The van der Waals surface area contributed by atoms with Gasteiger partial charge in [0.05, 0.1) is 5.69 Å². The highest BCUT2D eigenvalue weighted by Crippen LogP contribution is 2.32. The molecular weight excluding hydrogens is 234 g/mol. The first-order valence-electron chi connectivity index (χ1n) is 6.26. The molecule has 1 fully saturated rings. The zero-order valence-corrected chi connectivity index (χ0v) is 11.2. The molecule has 4 heteroatoms. The molecule has 1 aliphatic carbocycles. The number of halogens is 1. The second-order valence-electron chi connectivity index (χ2n) is 5.09. The molecule has 94 valence electrons. The first-order valence-corrected chi connectivity index (χ1v) is 6.64. The molecule has 3 N–H and O–H groups in total. The molecule has 2 rings (SSSR count). The van der Waals surface area contributed by atoms with E-state index in [9.17, 15) is 0 Å². The van der Waals surface area contributed by atoms with Crippen molar-refractivity contribution in [2.75, 3.05) is 11.1 Å². The summed E-state index contributed by atoms with van der Waals surface area (Å²) in [5.41, 5.74) is 6.57.